The number of halogens is 2. The van der Waals surface area contributed by atoms with Crippen molar-refractivity contribution in [1.29, 1.82) is 5.26 Å². The Morgan fingerprint density at radius 2 is 2.00 bits per heavy atom. The second-order valence-corrected chi connectivity index (χ2v) is 4.41. The molecule has 2 aromatic rings. The Bertz CT molecular complexity index is 667. The van der Waals surface area contributed by atoms with Crippen LogP contribution in [0.4, 0.5) is 4.39 Å². The summed E-state index contributed by atoms with van der Waals surface area (Å²) >= 11 is 5.92. The Labute approximate surface area is 121 Å². The number of nitrogens with zero attached hydrogens (tertiary/aromatic N) is 1. The van der Waals surface area contributed by atoms with Gasteiger partial charge in [-0.1, -0.05) is 17.7 Å². The van der Waals surface area contributed by atoms with Gasteiger partial charge in [0.05, 0.1) is 23.8 Å². The van der Waals surface area contributed by atoms with E-state index in [1.54, 1.807) is 24.3 Å². The first-order valence-corrected chi connectivity index (χ1v) is 6.16. The largest absolute Gasteiger partial charge is 0.493 e. The number of rotatable bonds is 4. The van der Waals surface area contributed by atoms with Gasteiger partial charge in [0.25, 0.3) is 0 Å². The Hall–Kier alpha value is -2.25. The van der Waals surface area contributed by atoms with Crippen molar-refractivity contribution < 1.29 is 13.9 Å². The van der Waals surface area contributed by atoms with Crippen molar-refractivity contribution in [3.63, 3.8) is 0 Å². The van der Waals surface area contributed by atoms with Crippen molar-refractivity contribution in [1.82, 2.24) is 0 Å². The summed E-state index contributed by atoms with van der Waals surface area (Å²) < 4.78 is 23.7. The first-order chi connectivity index (χ1) is 9.63. The SMILES string of the molecule is COc1ccc(C#N)cc1OCc1ccc(F)cc1Cl. The Balaban J connectivity index is 2.20. The molecule has 0 amide bonds. The number of nitriles is 1. The van der Waals surface area contributed by atoms with Gasteiger partial charge in [0.2, 0.25) is 0 Å². The summed E-state index contributed by atoms with van der Waals surface area (Å²) in [5, 5.41) is 9.17. The third kappa shape index (κ3) is 3.19. The van der Waals surface area contributed by atoms with E-state index in [4.69, 9.17) is 26.3 Å². The van der Waals surface area contributed by atoms with Gasteiger partial charge in [-0.2, -0.15) is 5.26 Å². The molecule has 0 unspecified atom stereocenters. The molecule has 0 atom stereocenters. The second-order valence-electron chi connectivity index (χ2n) is 4.00. The first-order valence-electron chi connectivity index (χ1n) is 5.79. The van der Waals surface area contributed by atoms with Crippen LogP contribution < -0.4 is 9.47 Å². The summed E-state index contributed by atoms with van der Waals surface area (Å²) in [6.45, 7) is 0.157. The van der Waals surface area contributed by atoms with E-state index in [1.807, 2.05) is 6.07 Å². The highest BCUT2D eigenvalue weighted by molar-refractivity contribution is 6.31. The van der Waals surface area contributed by atoms with Gasteiger partial charge in [0.15, 0.2) is 11.5 Å². The molecule has 0 saturated heterocycles. The molecule has 2 aromatic carbocycles. The van der Waals surface area contributed by atoms with Crippen LogP contribution in [0.5, 0.6) is 11.5 Å². The summed E-state index contributed by atoms with van der Waals surface area (Å²) in [5.41, 5.74) is 1.11. The molecule has 0 fully saturated rings. The van der Waals surface area contributed by atoms with E-state index in [0.29, 0.717) is 27.6 Å². The molecule has 0 N–H and O–H groups in total. The first kappa shape index (κ1) is 14.2. The van der Waals surface area contributed by atoms with Crippen LogP contribution >= 0.6 is 11.6 Å². The number of hydrogen-bond donors (Lipinski definition) is 0. The molecular formula is C15H11ClFNO2. The fourth-order valence-electron chi connectivity index (χ4n) is 1.65. The fraction of sp³-hybridized carbons (Fsp3) is 0.133. The zero-order chi connectivity index (χ0) is 14.5. The van der Waals surface area contributed by atoms with Crippen LogP contribution in [0.25, 0.3) is 0 Å². The van der Waals surface area contributed by atoms with E-state index in [1.165, 1.54) is 19.2 Å². The highest BCUT2D eigenvalue weighted by Gasteiger charge is 2.08. The average Bonchev–Trinajstić information content (AvgIpc) is 2.46. The monoisotopic (exact) mass is 291 g/mol. The molecule has 5 heteroatoms. The summed E-state index contributed by atoms with van der Waals surface area (Å²) in [6, 6.07) is 11.0. The van der Waals surface area contributed by atoms with Gasteiger partial charge >= 0.3 is 0 Å². The lowest BCUT2D eigenvalue weighted by atomic mass is 10.2. The molecule has 20 heavy (non-hydrogen) atoms. The molecule has 0 aliphatic heterocycles. The third-order valence-corrected chi connectivity index (χ3v) is 3.04. The topological polar surface area (TPSA) is 42.2 Å². The Morgan fingerprint density at radius 1 is 1.20 bits per heavy atom. The highest BCUT2D eigenvalue weighted by Crippen LogP contribution is 2.29. The Morgan fingerprint density at radius 3 is 2.65 bits per heavy atom. The van der Waals surface area contributed by atoms with Crippen LogP contribution in [0.1, 0.15) is 11.1 Å². The normalized spacial score (nSPS) is 9.90. The van der Waals surface area contributed by atoms with Crippen LogP contribution in [0.15, 0.2) is 36.4 Å². The fourth-order valence-corrected chi connectivity index (χ4v) is 1.88. The minimum Gasteiger partial charge on any atom is -0.493 e. The molecule has 0 saturated carbocycles. The van der Waals surface area contributed by atoms with Crippen LogP contribution in [-0.4, -0.2) is 7.11 Å². The van der Waals surface area contributed by atoms with Crippen molar-refractivity contribution in [2.24, 2.45) is 0 Å². The van der Waals surface area contributed by atoms with E-state index in [0.717, 1.165) is 0 Å². The van der Waals surface area contributed by atoms with E-state index >= 15 is 0 Å². The molecule has 0 radical (unpaired) electrons. The number of methoxy groups -OCH3 is 1. The quantitative estimate of drug-likeness (QED) is 0.857. The lowest BCUT2D eigenvalue weighted by Gasteiger charge is -2.11. The van der Waals surface area contributed by atoms with Crippen LogP contribution in [0.2, 0.25) is 5.02 Å². The maximum Gasteiger partial charge on any atom is 0.162 e. The zero-order valence-corrected chi connectivity index (χ0v) is 11.4. The molecule has 0 aliphatic carbocycles. The molecule has 0 bridgehead atoms. The van der Waals surface area contributed by atoms with Gasteiger partial charge in [0, 0.05) is 11.6 Å². The summed E-state index contributed by atoms with van der Waals surface area (Å²) in [7, 11) is 1.51. The Kier molecular flexibility index (Phi) is 4.44. The van der Waals surface area contributed by atoms with Crippen LogP contribution in [-0.2, 0) is 6.61 Å². The maximum atomic E-state index is 12.9. The van der Waals surface area contributed by atoms with Crippen molar-refractivity contribution in [2.75, 3.05) is 7.11 Å². The molecule has 102 valence electrons. The zero-order valence-electron chi connectivity index (χ0n) is 10.7. The smallest absolute Gasteiger partial charge is 0.162 e. The van der Waals surface area contributed by atoms with Crippen molar-refractivity contribution >= 4 is 11.6 Å². The van der Waals surface area contributed by atoms with Crippen LogP contribution in [0, 0.1) is 17.1 Å². The minimum absolute atomic E-state index is 0.157. The summed E-state index contributed by atoms with van der Waals surface area (Å²) in [5.74, 6) is 0.553. The van der Waals surface area contributed by atoms with Crippen molar-refractivity contribution in [2.45, 2.75) is 6.61 Å². The molecule has 0 aromatic heterocycles. The van der Waals surface area contributed by atoms with Gasteiger partial charge in [-0.25, -0.2) is 4.39 Å². The van der Waals surface area contributed by atoms with Gasteiger partial charge < -0.3 is 9.47 Å². The third-order valence-electron chi connectivity index (χ3n) is 2.69. The molecule has 2 rings (SSSR count). The molecule has 3 nitrogen and oxygen atoms in total. The van der Waals surface area contributed by atoms with Gasteiger partial charge in [-0.3, -0.25) is 0 Å². The summed E-state index contributed by atoms with van der Waals surface area (Å²) in [6.07, 6.45) is 0. The van der Waals surface area contributed by atoms with E-state index < -0.39 is 5.82 Å². The standard InChI is InChI=1S/C15H11ClFNO2/c1-19-14-5-2-10(8-18)6-15(14)20-9-11-3-4-12(17)7-13(11)16/h2-7H,9H2,1H3. The van der Waals surface area contributed by atoms with Gasteiger partial charge in [0.1, 0.15) is 12.4 Å². The number of ether oxygens (including phenoxy) is 2. The number of benzene rings is 2. The minimum atomic E-state index is -0.400. The second kappa shape index (κ2) is 6.27. The highest BCUT2D eigenvalue weighted by atomic mass is 35.5. The van der Waals surface area contributed by atoms with Gasteiger partial charge in [-0.15, -0.1) is 0 Å². The number of hydrogen-bond acceptors (Lipinski definition) is 3. The summed E-state index contributed by atoms with van der Waals surface area (Å²) in [4.78, 5) is 0. The predicted octanol–water partition coefficient (Wildman–Crippen LogP) is 3.94. The van der Waals surface area contributed by atoms with Crippen molar-refractivity contribution in [3.05, 3.63) is 58.4 Å². The average molecular weight is 292 g/mol. The molecule has 0 spiro atoms. The van der Waals surface area contributed by atoms with Crippen molar-refractivity contribution in [3.8, 4) is 17.6 Å². The van der Waals surface area contributed by atoms with E-state index in [9.17, 15) is 4.39 Å². The molecular weight excluding hydrogens is 281 g/mol. The van der Waals surface area contributed by atoms with E-state index in [-0.39, 0.29) is 6.61 Å². The van der Waals surface area contributed by atoms with Gasteiger partial charge in [-0.05, 0) is 24.3 Å². The van der Waals surface area contributed by atoms with Crippen LogP contribution in [0.3, 0.4) is 0 Å². The molecule has 0 aliphatic rings. The maximum absolute atomic E-state index is 12.9. The molecule has 0 heterocycles. The lowest BCUT2D eigenvalue weighted by Crippen LogP contribution is -1.99. The lowest BCUT2D eigenvalue weighted by molar-refractivity contribution is 0.284. The van der Waals surface area contributed by atoms with E-state index in [2.05, 4.69) is 0 Å². The predicted molar refractivity (Wildman–Crippen MR) is 73.5 cm³/mol.